The fourth-order valence-corrected chi connectivity index (χ4v) is 7.47. The minimum Gasteiger partial charge on any atom is -0.466 e. The average Bonchev–Trinajstić information content (AvgIpc) is 3.12. The van der Waals surface area contributed by atoms with E-state index in [4.69, 9.17) is 9.47 Å². The van der Waals surface area contributed by atoms with E-state index in [-0.39, 0.29) is 24.0 Å². The van der Waals surface area contributed by atoms with Crippen molar-refractivity contribution < 1.29 is 24.2 Å². The molecule has 0 aliphatic heterocycles. The molecule has 0 aromatic carbocycles. The van der Waals surface area contributed by atoms with Crippen LogP contribution in [0.25, 0.3) is 0 Å². The van der Waals surface area contributed by atoms with Gasteiger partial charge in [-0.25, -0.2) is 0 Å². The number of aliphatic hydroxyl groups excluding tert-OH is 1. The van der Waals surface area contributed by atoms with Gasteiger partial charge in [-0.3, -0.25) is 9.59 Å². The first-order valence-electron chi connectivity index (χ1n) is 22.9. The van der Waals surface area contributed by atoms with Crippen LogP contribution in [-0.2, 0) is 19.1 Å². The highest BCUT2D eigenvalue weighted by Gasteiger charge is 2.18. The fraction of sp³-hybridized carbons (Fsp3) is 0.957. The quantitative estimate of drug-likeness (QED) is 0.0497. The zero-order chi connectivity index (χ0) is 38.4. The second kappa shape index (κ2) is 38.1. The smallest absolute Gasteiger partial charge is 0.305 e. The molecule has 0 aromatic heterocycles. The molecule has 6 nitrogen and oxygen atoms in total. The molecule has 0 radical (unpaired) electrons. The van der Waals surface area contributed by atoms with E-state index in [1.165, 1.54) is 103 Å². The van der Waals surface area contributed by atoms with Gasteiger partial charge in [0.15, 0.2) is 0 Å². The van der Waals surface area contributed by atoms with Crippen molar-refractivity contribution in [3.8, 4) is 0 Å². The SMILES string of the molecule is CCCCCCCCCC(=O)OCCCC(C)(C)CCCN(CCCCO)CCCCCCC(=O)OCCCC(CCCCCC)CCCCCC. The van der Waals surface area contributed by atoms with Gasteiger partial charge in [0.1, 0.15) is 0 Å². The number of hydrogen-bond donors (Lipinski definition) is 1. The van der Waals surface area contributed by atoms with Gasteiger partial charge in [0.2, 0.25) is 0 Å². The van der Waals surface area contributed by atoms with Crippen molar-refractivity contribution in [3.05, 3.63) is 0 Å². The Morgan fingerprint density at radius 2 is 0.904 bits per heavy atom. The number of carbonyl (C=O) groups is 2. The Morgan fingerprint density at radius 1 is 0.500 bits per heavy atom. The number of unbranched alkanes of at least 4 members (excludes halogenated alkanes) is 16. The van der Waals surface area contributed by atoms with E-state index in [0.717, 1.165) is 109 Å². The second-order valence-corrected chi connectivity index (χ2v) is 16.8. The molecule has 0 saturated heterocycles. The number of ether oxygens (including phenoxy) is 2. The van der Waals surface area contributed by atoms with Crippen LogP contribution in [-0.4, -0.2) is 61.4 Å². The molecule has 6 heteroatoms. The molecule has 0 amide bonds. The van der Waals surface area contributed by atoms with E-state index in [1.807, 2.05) is 0 Å². The van der Waals surface area contributed by atoms with E-state index >= 15 is 0 Å². The predicted molar refractivity (Wildman–Crippen MR) is 223 cm³/mol. The molecule has 0 bridgehead atoms. The second-order valence-electron chi connectivity index (χ2n) is 16.8. The summed E-state index contributed by atoms with van der Waals surface area (Å²) in [5.41, 5.74) is 0.237. The third kappa shape index (κ3) is 35.9. The number of aliphatic hydroxyl groups is 1. The van der Waals surface area contributed by atoms with E-state index in [9.17, 15) is 14.7 Å². The van der Waals surface area contributed by atoms with E-state index in [2.05, 4.69) is 39.5 Å². The Morgan fingerprint density at radius 3 is 1.44 bits per heavy atom. The van der Waals surface area contributed by atoms with Gasteiger partial charge >= 0.3 is 11.9 Å². The average molecular weight is 738 g/mol. The molecule has 52 heavy (non-hydrogen) atoms. The van der Waals surface area contributed by atoms with Crippen LogP contribution >= 0.6 is 0 Å². The van der Waals surface area contributed by atoms with Crippen LogP contribution in [0.5, 0.6) is 0 Å². The summed E-state index contributed by atoms with van der Waals surface area (Å²) in [5.74, 6) is 0.756. The maximum atomic E-state index is 12.4. The van der Waals surface area contributed by atoms with Crippen molar-refractivity contribution in [1.29, 1.82) is 0 Å². The number of rotatable bonds is 41. The summed E-state index contributed by atoms with van der Waals surface area (Å²) < 4.78 is 11.2. The van der Waals surface area contributed by atoms with Gasteiger partial charge in [0, 0.05) is 19.4 Å². The highest BCUT2D eigenvalue weighted by Crippen LogP contribution is 2.29. The molecule has 0 fully saturated rings. The lowest BCUT2D eigenvalue weighted by Gasteiger charge is -2.27. The number of nitrogens with zero attached hydrogens (tertiary/aromatic N) is 1. The van der Waals surface area contributed by atoms with Crippen molar-refractivity contribution in [1.82, 2.24) is 4.90 Å². The fourth-order valence-electron chi connectivity index (χ4n) is 7.47. The maximum absolute atomic E-state index is 12.4. The third-order valence-corrected chi connectivity index (χ3v) is 11.0. The first-order chi connectivity index (χ1) is 25.3. The third-order valence-electron chi connectivity index (χ3n) is 11.0. The standard InChI is InChI=1S/C46H91NO5/c1-6-9-12-15-16-17-22-33-45(50)52-42-29-36-46(4,5)35-28-39-47(38-25-26-40-48)37-24-19-18-23-34-44(49)51-41-27-32-43(30-20-13-10-7-2)31-21-14-11-8-3/h43,48H,6-42H2,1-5H3. The van der Waals surface area contributed by atoms with Crippen molar-refractivity contribution in [2.45, 2.75) is 234 Å². The highest BCUT2D eigenvalue weighted by atomic mass is 16.5. The van der Waals surface area contributed by atoms with Gasteiger partial charge < -0.3 is 19.5 Å². The summed E-state index contributed by atoms with van der Waals surface area (Å²) in [5, 5.41) is 9.31. The normalized spacial score (nSPS) is 11.9. The molecule has 0 aliphatic carbocycles. The first-order valence-corrected chi connectivity index (χ1v) is 22.9. The van der Waals surface area contributed by atoms with Gasteiger partial charge in [-0.1, -0.05) is 150 Å². The number of esters is 2. The van der Waals surface area contributed by atoms with Crippen molar-refractivity contribution >= 4 is 11.9 Å². The zero-order valence-corrected chi connectivity index (χ0v) is 35.8. The molecule has 0 atom stereocenters. The zero-order valence-electron chi connectivity index (χ0n) is 35.8. The summed E-state index contributed by atoms with van der Waals surface area (Å²) in [6.45, 7) is 16.1. The Labute approximate surface area is 324 Å². The molecule has 310 valence electrons. The maximum Gasteiger partial charge on any atom is 0.305 e. The monoisotopic (exact) mass is 738 g/mol. The van der Waals surface area contributed by atoms with E-state index in [0.29, 0.717) is 26.1 Å². The van der Waals surface area contributed by atoms with E-state index < -0.39 is 0 Å². The molecule has 0 aromatic rings. The van der Waals surface area contributed by atoms with Crippen LogP contribution < -0.4 is 0 Å². The van der Waals surface area contributed by atoms with Crippen LogP contribution in [0, 0.1) is 11.3 Å². The van der Waals surface area contributed by atoms with Crippen molar-refractivity contribution in [3.63, 3.8) is 0 Å². The summed E-state index contributed by atoms with van der Waals surface area (Å²) in [7, 11) is 0. The van der Waals surface area contributed by atoms with Gasteiger partial charge in [0.05, 0.1) is 13.2 Å². The Balaban J connectivity index is 4.15. The largest absolute Gasteiger partial charge is 0.466 e. The topological polar surface area (TPSA) is 76.1 Å². The van der Waals surface area contributed by atoms with Gasteiger partial charge in [0.25, 0.3) is 0 Å². The van der Waals surface area contributed by atoms with E-state index in [1.54, 1.807) is 0 Å². The molecular formula is C46H91NO5. The number of hydrogen-bond acceptors (Lipinski definition) is 6. The summed E-state index contributed by atoms with van der Waals surface area (Å²) in [6, 6.07) is 0. The molecule has 1 N–H and O–H groups in total. The van der Waals surface area contributed by atoms with Crippen molar-refractivity contribution in [2.24, 2.45) is 11.3 Å². The Bertz CT molecular complexity index is 760. The van der Waals surface area contributed by atoms with Crippen molar-refractivity contribution in [2.75, 3.05) is 39.5 Å². The predicted octanol–water partition coefficient (Wildman–Crippen LogP) is 13.2. The summed E-state index contributed by atoms with van der Waals surface area (Å²) in [6.07, 6.45) is 35.8. The molecule has 0 heterocycles. The molecule has 0 spiro atoms. The lowest BCUT2D eigenvalue weighted by Crippen LogP contribution is -2.28. The highest BCUT2D eigenvalue weighted by molar-refractivity contribution is 5.69. The molecule has 0 unspecified atom stereocenters. The van der Waals surface area contributed by atoms with Gasteiger partial charge in [-0.15, -0.1) is 0 Å². The molecule has 0 rings (SSSR count). The molecular weight excluding hydrogens is 647 g/mol. The lowest BCUT2D eigenvalue weighted by molar-refractivity contribution is -0.144. The van der Waals surface area contributed by atoms with Crippen LogP contribution in [0.15, 0.2) is 0 Å². The van der Waals surface area contributed by atoms with Crippen LogP contribution in [0.4, 0.5) is 0 Å². The summed E-state index contributed by atoms with van der Waals surface area (Å²) in [4.78, 5) is 27.1. The van der Waals surface area contributed by atoms with Crippen LogP contribution in [0.3, 0.4) is 0 Å². The minimum absolute atomic E-state index is 0.0163. The lowest BCUT2D eigenvalue weighted by atomic mass is 9.83. The van der Waals surface area contributed by atoms with Crippen LogP contribution in [0.1, 0.15) is 234 Å². The molecule has 0 aliphatic rings. The molecule has 0 saturated carbocycles. The Hall–Kier alpha value is -1.14. The van der Waals surface area contributed by atoms with Gasteiger partial charge in [-0.2, -0.15) is 0 Å². The van der Waals surface area contributed by atoms with Gasteiger partial charge in [-0.05, 0) is 102 Å². The summed E-state index contributed by atoms with van der Waals surface area (Å²) >= 11 is 0. The van der Waals surface area contributed by atoms with Crippen LogP contribution in [0.2, 0.25) is 0 Å². The number of carbonyl (C=O) groups excluding carboxylic acids is 2. The first kappa shape index (κ1) is 50.9. The minimum atomic E-state index is -0.0275. The Kier molecular flexibility index (Phi) is 37.3.